The molecule has 1 atom stereocenters. The fourth-order valence-corrected chi connectivity index (χ4v) is 3.93. The van der Waals surface area contributed by atoms with Crippen molar-refractivity contribution < 1.29 is 0 Å². The third-order valence-electron chi connectivity index (χ3n) is 4.11. The van der Waals surface area contributed by atoms with Crippen LogP contribution in [0.25, 0.3) is 17.1 Å². The lowest BCUT2D eigenvalue weighted by Gasteiger charge is -2.16. The Morgan fingerprint density at radius 3 is 2.35 bits per heavy atom. The van der Waals surface area contributed by atoms with Crippen LogP contribution < -0.4 is 0 Å². The van der Waals surface area contributed by atoms with Crippen molar-refractivity contribution in [1.82, 2.24) is 15.0 Å². The summed E-state index contributed by atoms with van der Waals surface area (Å²) in [7, 11) is 0. The molecule has 4 rings (SSSR count). The first kappa shape index (κ1) is 16.6. The molecule has 1 unspecified atom stereocenters. The van der Waals surface area contributed by atoms with Crippen LogP contribution in [-0.2, 0) is 0 Å². The number of fused-ring (bicyclic) bond motifs is 1. The molecule has 3 nitrogen and oxygen atoms in total. The Hall–Kier alpha value is -2.85. The minimum atomic E-state index is 0.143. The minimum Gasteiger partial charge on any atom is -0.231 e. The predicted octanol–water partition coefficient (Wildman–Crippen LogP) is 5.83. The highest BCUT2D eigenvalue weighted by molar-refractivity contribution is 7.99. The van der Waals surface area contributed by atoms with Gasteiger partial charge in [-0.2, -0.15) is 0 Å². The fourth-order valence-electron chi connectivity index (χ4n) is 2.84. The van der Waals surface area contributed by atoms with E-state index in [2.05, 4.69) is 77.1 Å². The lowest BCUT2D eigenvalue weighted by molar-refractivity contribution is 0.599. The van der Waals surface area contributed by atoms with Gasteiger partial charge in [0.05, 0.1) is 5.52 Å². The summed E-state index contributed by atoms with van der Waals surface area (Å²) in [6, 6.07) is 28.9. The Kier molecular flexibility index (Phi) is 5.12. The van der Waals surface area contributed by atoms with Crippen molar-refractivity contribution in [2.45, 2.75) is 16.7 Å². The monoisotopic (exact) mass is 357 g/mol. The van der Waals surface area contributed by atoms with Crippen LogP contribution in [0.3, 0.4) is 0 Å². The Morgan fingerprint density at radius 2 is 1.54 bits per heavy atom. The van der Waals surface area contributed by atoms with Crippen molar-refractivity contribution in [3.8, 4) is 0 Å². The maximum Gasteiger partial charge on any atom is 0.113 e. The molecule has 0 bridgehead atoms. The molecule has 0 aliphatic rings. The molecule has 1 aromatic heterocycles. The third-order valence-corrected chi connectivity index (χ3v) is 5.32. The van der Waals surface area contributed by atoms with Crippen LogP contribution in [0.15, 0.2) is 95.9 Å². The van der Waals surface area contributed by atoms with Crippen LogP contribution in [0.2, 0.25) is 0 Å². The summed E-state index contributed by atoms with van der Waals surface area (Å²) in [6.07, 6.45) is 5.24. The van der Waals surface area contributed by atoms with Gasteiger partial charge in [0.15, 0.2) is 0 Å². The van der Waals surface area contributed by atoms with Gasteiger partial charge in [0, 0.05) is 4.90 Å². The molecule has 26 heavy (non-hydrogen) atoms. The van der Waals surface area contributed by atoms with E-state index in [-0.39, 0.29) is 5.37 Å². The maximum atomic E-state index is 4.43. The van der Waals surface area contributed by atoms with Gasteiger partial charge in [-0.3, -0.25) is 0 Å². The minimum absolute atomic E-state index is 0.143. The highest BCUT2D eigenvalue weighted by Crippen LogP contribution is 2.35. The van der Waals surface area contributed by atoms with Crippen molar-refractivity contribution in [2.75, 3.05) is 0 Å². The van der Waals surface area contributed by atoms with Crippen LogP contribution >= 0.6 is 11.8 Å². The number of nitrogens with zero attached hydrogens (tertiary/aromatic N) is 3. The smallest absolute Gasteiger partial charge is 0.113 e. The lowest BCUT2D eigenvalue weighted by Crippen LogP contribution is -2.06. The summed E-state index contributed by atoms with van der Waals surface area (Å²) in [6.45, 7) is 0. The fraction of sp³-hybridized carbons (Fsp3) is 0.0909. The Morgan fingerprint density at radius 1 is 0.846 bits per heavy atom. The predicted molar refractivity (Wildman–Crippen MR) is 109 cm³/mol. The van der Waals surface area contributed by atoms with E-state index in [1.807, 2.05) is 35.0 Å². The largest absolute Gasteiger partial charge is 0.231 e. The standard InChI is InChI=1S/C22H19N3S/c1-3-10-18(11-4-1)12-9-17-22(26-19-13-5-2-6-14-19)25-21-16-8-7-15-20(21)23-24-25/h1-16,22H,17H2/b12-9-. The zero-order valence-corrected chi connectivity index (χ0v) is 15.1. The van der Waals surface area contributed by atoms with Crippen molar-refractivity contribution in [1.29, 1.82) is 0 Å². The molecule has 1 heterocycles. The number of para-hydroxylation sites is 1. The normalized spacial score (nSPS) is 12.6. The molecule has 3 aromatic carbocycles. The molecule has 4 aromatic rings. The zero-order chi connectivity index (χ0) is 17.6. The molecule has 0 N–H and O–H groups in total. The Bertz CT molecular complexity index is 994. The highest BCUT2D eigenvalue weighted by Gasteiger charge is 2.16. The van der Waals surface area contributed by atoms with E-state index < -0.39 is 0 Å². The molecule has 0 amide bonds. The Balaban J connectivity index is 1.62. The number of benzene rings is 3. The zero-order valence-electron chi connectivity index (χ0n) is 14.3. The lowest BCUT2D eigenvalue weighted by atomic mass is 10.2. The summed E-state index contributed by atoms with van der Waals surface area (Å²) < 4.78 is 2.03. The summed E-state index contributed by atoms with van der Waals surface area (Å²) in [5.74, 6) is 0. The summed E-state index contributed by atoms with van der Waals surface area (Å²) in [5, 5.41) is 8.90. The quantitative estimate of drug-likeness (QED) is 0.407. The van der Waals surface area contributed by atoms with Crippen LogP contribution in [0, 0.1) is 0 Å². The van der Waals surface area contributed by atoms with Gasteiger partial charge in [-0.15, -0.1) is 5.10 Å². The summed E-state index contributed by atoms with van der Waals surface area (Å²) in [5.41, 5.74) is 3.20. The van der Waals surface area contributed by atoms with E-state index >= 15 is 0 Å². The molecule has 0 spiro atoms. The maximum absolute atomic E-state index is 4.43. The van der Waals surface area contributed by atoms with Crippen LogP contribution in [0.5, 0.6) is 0 Å². The molecule has 0 saturated heterocycles. The van der Waals surface area contributed by atoms with Crippen molar-refractivity contribution in [3.63, 3.8) is 0 Å². The van der Waals surface area contributed by atoms with Crippen LogP contribution in [0.4, 0.5) is 0 Å². The van der Waals surface area contributed by atoms with Gasteiger partial charge in [0.2, 0.25) is 0 Å². The van der Waals surface area contributed by atoms with Gasteiger partial charge in [-0.1, -0.05) is 89.8 Å². The molecule has 0 aliphatic carbocycles. The van der Waals surface area contributed by atoms with E-state index in [0.717, 1.165) is 17.5 Å². The molecule has 0 saturated carbocycles. The number of aromatic nitrogens is 3. The van der Waals surface area contributed by atoms with E-state index in [1.54, 1.807) is 11.8 Å². The van der Waals surface area contributed by atoms with Gasteiger partial charge in [0.25, 0.3) is 0 Å². The second-order valence-corrected chi connectivity index (χ2v) is 7.21. The first-order valence-electron chi connectivity index (χ1n) is 8.63. The first-order chi connectivity index (χ1) is 12.9. The van der Waals surface area contributed by atoms with Crippen molar-refractivity contribution in [3.05, 3.63) is 96.6 Å². The molecular formula is C22H19N3S. The van der Waals surface area contributed by atoms with Gasteiger partial charge in [0.1, 0.15) is 10.9 Å². The molecule has 128 valence electrons. The van der Waals surface area contributed by atoms with Gasteiger partial charge in [-0.25, -0.2) is 4.68 Å². The third kappa shape index (κ3) is 3.86. The molecule has 0 aliphatic heterocycles. The second-order valence-electron chi connectivity index (χ2n) is 5.96. The molecular weight excluding hydrogens is 338 g/mol. The number of thioether (sulfide) groups is 1. The molecule has 0 radical (unpaired) electrons. The van der Waals surface area contributed by atoms with E-state index in [1.165, 1.54) is 10.5 Å². The topological polar surface area (TPSA) is 30.7 Å². The van der Waals surface area contributed by atoms with Crippen LogP contribution in [-0.4, -0.2) is 15.0 Å². The van der Waals surface area contributed by atoms with E-state index in [0.29, 0.717) is 0 Å². The number of hydrogen-bond donors (Lipinski definition) is 0. The highest BCUT2D eigenvalue weighted by atomic mass is 32.2. The van der Waals surface area contributed by atoms with Crippen molar-refractivity contribution in [2.24, 2.45) is 0 Å². The average Bonchev–Trinajstić information content (AvgIpc) is 3.13. The summed E-state index contributed by atoms with van der Waals surface area (Å²) in [4.78, 5) is 1.23. The van der Waals surface area contributed by atoms with Gasteiger partial charge < -0.3 is 0 Å². The molecule has 4 heteroatoms. The van der Waals surface area contributed by atoms with Gasteiger partial charge in [-0.05, 0) is 36.2 Å². The SMILES string of the molecule is C(=C/c1ccccc1)/CC(Sc1ccccc1)n1nnc2ccccc21. The number of rotatable bonds is 6. The average molecular weight is 357 g/mol. The summed E-state index contributed by atoms with van der Waals surface area (Å²) >= 11 is 1.81. The number of hydrogen-bond acceptors (Lipinski definition) is 3. The van der Waals surface area contributed by atoms with Gasteiger partial charge >= 0.3 is 0 Å². The van der Waals surface area contributed by atoms with E-state index in [4.69, 9.17) is 0 Å². The van der Waals surface area contributed by atoms with Crippen molar-refractivity contribution >= 4 is 28.9 Å². The number of allylic oxidation sites excluding steroid dienone is 1. The van der Waals surface area contributed by atoms with E-state index in [9.17, 15) is 0 Å². The first-order valence-corrected chi connectivity index (χ1v) is 9.51. The molecule has 0 fully saturated rings. The second kappa shape index (κ2) is 8.02. The van der Waals surface area contributed by atoms with Crippen LogP contribution in [0.1, 0.15) is 17.4 Å². The Labute approximate surface area is 157 Å².